The number of hydrogen-bond donors (Lipinski definition) is 0. The monoisotopic (exact) mass is 375 g/mol. The number of para-hydroxylation sites is 1. The van der Waals surface area contributed by atoms with Crippen molar-refractivity contribution >= 4 is 11.4 Å². The maximum absolute atomic E-state index is 12.0. The first kappa shape index (κ1) is 18.9. The molecule has 0 spiro atoms. The zero-order chi connectivity index (χ0) is 19.9. The summed E-state index contributed by atoms with van der Waals surface area (Å²) in [5, 5.41) is 8.78. The van der Waals surface area contributed by atoms with E-state index in [4.69, 9.17) is 0 Å². The molecule has 4 rings (SSSR count). The van der Waals surface area contributed by atoms with E-state index in [1.54, 1.807) is 11.6 Å². The molecule has 28 heavy (non-hydrogen) atoms. The number of allylic oxidation sites excluding steroid dienone is 3. The van der Waals surface area contributed by atoms with E-state index in [0.717, 1.165) is 37.1 Å². The molecule has 1 fully saturated rings. The van der Waals surface area contributed by atoms with Crippen LogP contribution in [0.5, 0.6) is 0 Å². The van der Waals surface area contributed by atoms with E-state index < -0.39 is 0 Å². The SMILES string of the molecule is C=C1CCC[C@]2(C)CCC(c3cn(-c4ccccc4C(C)=O)nn3)=CC[C@@]12C. The minimum absolute atomic E-state index is 0.0322. The number of carbonyl (C=O) groups is 1. The van der Waals surface area contributed by atoms with Crippen molar-refractivity contribution in [2.24, 2.45) is 10.8 Å². The summed E-state index contributed by atoms with van der Waals surface area (Å²) in [5.41, 5.74) is 5.46. The number of aromatic nitrogens is 3. The third-order valence-corrected chi connectivity index (χ3v) is 7.37. The number of ketones is 1. The maximum Gasteiger partial charge on any atom is 0.161 e. The van der Waals surface area contributed by atoms with Crippen LogP contribution in [-0.2, 0) is 0 Å². The van der Waals surface area contributed by atoms with Gasteiger partial charge in [0.1, 0.15) is 5.69 Å². The van der Waals surface area contributed by atoms with Crippen LogP contribution >= 0.6 is 0 Å². The Morgan fingerprint density at radius 2 is 1.96 bits per heavy atom. The van der Waals surface area contributed by atoms with Gasteiger partial charge in [0.25, 0.3) is 0 Å². The predicted octanol–water partition coefficient (Wildman–Crippen LogP) is 5.79. The minimum atomic E-state index is 0.0322. The fourth-order valence-corrected chi connectivity index (χ4v) is 5.03. The molecule has 0 amide bonds. The number of rotatable bonds is 3. The van der Waals surface area contributed by atoms with Crippen molar-refractivity contribution in [3.63, 3.8) is 0 Å². The van der Waals surface area contributed by atoms with Crippen molar-refractivity contribution in [2.75, 3.05) is 0 Å². The Bertz CT molecular complexity index is 970. The Morgan fingerprint density at radius 1 is 1.18 bits per heavy atom. The van der Waals surface area contributed by atoms with Crippen LogP contribution in [0.1, 0.15) is 75.3 Å². The van der Waals surface area contributed by atoms with Gasteiger partial charge in [0, 0.05) is 5.56 Å². The summed E-state index contributed by atoms with van der Waals surface area (Å²) < 4.78 is 1.73. The first-order valence-electron chi connectivity index (χ1n) is 10.2. The molecule has 0 aliphatic heterocycles. The van der Waals surface area contributed by atoms with Crippen LogP contribution in [0.25, 0.3) is 11.3 Å². The molecule has 2 aliphatic rings. The summed E-state index contributed by atoms with van der Waals surface area (Å²) in [4.78, 5) is 12.0. The van der Waals surface area contributed by atoms with Crippen molar-refractivity contribution in [1.29, 1.82) is 0 Å². The smallest absolute Gasteiger partial charge is 0.161 e. The lowest BCUT2D eigenvalue weighted by molar-refractivity contribution is 0.0645. The minimum Gasteiger partial charge on any atom is -0.294 e. The van der Waals surface area contributed by atoms with Crippen molar-refractivity contribution in [3.8, 4) is 5.69 Å². The molecule has 1 aromatic carbocycles. The molecule has 0 N–H and O–H groups in total. The molecule has 4 nitrogen and oxygen atoms in total. The average Bonchev–Trinajstić information content (AvgIpc) is 3.11. The van der Waals surface area contributed by atoms with Crippen LogP contribution in [-0.4, -0.2) is 20.8 Å². The number of hydrogen-bond acceptors (Lipinski definition) is 3. The van der Waals surface area contributed by atoms with E-state index in [0.29, 0.717) is 5.56 Å². The van der Waals surface area contributed by atoms with Gasteiger partial charge >= 0.3 is 0 Å². The Balaban J connectivity index is 1.66. The number of fused-ring (bicyclic) bond motifs is 1. The molecule has 1 saturated carbocycles. The molecule has 146 valence electrons. The van der Waals surface area contributed by atoms with Crippen LogP contribution < -0.4 is 0 Å². The van der Waals surface area contributed by atoms with Gasteiger partial charge in [-0.25, -0.2) is 4.68 Å². The van der Waals surface area contributed by atoms with Gasteiger partial charge in [0.05, 0.1) is 11.9 Å². The topological polar surface area (TPSA) is 47.8 Å². The van der Waals surface area contributed by atoms with Gasteiger partial charge in [0.15, 0.2) is 5.78 Å². The largest absolute Gasteiger partial charge is 0.294 e. The molecule has 1 heterocycles. The third-order valence-electron chi connectivity index (χ3n) is 7.37. The molecule has 0 radical (unpaired) electrons. The number of benzene rings is 1. The second kappa shape index (κ2) is 6.84. The van der Waals surface area contributed by atoms with Crippen molar-refractivity contribution in [2.45, 2.75) is 59.3 Å². The molecule has 2 aromatic rings. The van der Waals surface area contributed by atoms with E-state index in [1.807, 2.05) is 30.5 Å². The van der Waals surface area contributed by atoms with Crippen molar-refractivity contribution in [3.05, 3.63) is 59.9 Å². The Morgan fingerprint density at radius 3 is 2.75 bits per heavy atom. The molecular weight excluding hydrogens is 346 g/mol. The van der Waals surface area contributed by atoms with Gasteiger partial charge in [-0.3, -0.25) is 4.79 Å². The third kappa shape index (κ3) is 2.95. The second-order valence-electron chi connectivity index (χ2n) is 8.91. The zero-order valence-electron chi connectivity index (χ0n) is 17.2. The zero-order valence-corrected chi connectivity index (χ0v) is 17.2. The lowest BCUT2D eigenvalue weighted by Crippen LogP contribution is -2.41. The van der Waals surface area contributed by atoms with Gasteiger partial charge in [-0.05, 0) is 74.0 Å². The van der Waals surface area contributed by atoms with E-state index in [9.17, 15) is 4.79 Å². The average molecular weight is 376 g/mol. The first-order chi connectivity index (χ1) is 13.3. The molecule has 0 unspecified atom stereocenters. The van der Waals surface area contributed by atoms with E-state index in [-0.39, 0.29) is 16.6 Å². The Hall–Kier alpha value is -2.49. The first-order valence-corrected chi connectivity index (χ1v) is 10.2. The van der Waals surface area contributed by atoms with Gasteiger partial charge in [-0.15, -0.1) is 5.10 Å². The maximum atomic E-state index is 12.0. The molecule has 1 aromatic heterocycles. The lowest BCUT2D eigenvalue weighted by Gasteiger charge is -2.51. The fourth-order valence-electron chi connectivity index (χ4n) is 5.03. The quantitative estimate of drug-likeness (QED) is 0.504. The number of Topliss-reactive ketones (excluding diaryl/α,β-unsaturated/α-hetero) is 1. The lowest BCUT2D eigenvalue weighted by atomic mass is 9.54. The summed E-state index contributed by atoms with van der Waals surface area (Å²) in [5.74, 6) is 0.0322. The molecule has 4 heteroatoms. The molecular formula is C24H29N3O. The van der Waals surface area contributed by atoms with Gasteiger partial charge in [-0.1, -0.05) is 49.4 Å². The van der Waals surface area contributed by atoms with Gasteiger partial charge in [0.2, 0.25) is 0 Å². The molecule has 2 aliphatic carbocycles. The number of carbonyl (C=O) groups excluding carboxylic acids is 1. The number of nitrogens with zero attached hydrogens (tertiary/aromatic N) is 3. The van der Waals surface area contributed by atoms with Crippen LogP contribution in [0.2, 0.25) is 0 Å². The van der Waals surface area contributed by atoms with Crippen LogP contribution in [0.3, 0.4) is 0 Å². The highest BCUT2D eigenvalue weighted by atomic mass is 16.1. The fraction of sp³-hybridized carbons (Fsp3) is 0.458. The summed E-state index contributed by atoms with van der Waals surface area (Å²) in [6.07, 6.45) is 11.1. The van der Waals surface area contributed by atoms with Crippen LogP contribution in [0.4, 0.5) is 0 Å². The molecule has 0 saturated heterocycles. The highest BCUT2D eigenvalue weighted by molar-refractivity contribution is 5.97. The Labute approximate surface area is 167 Å². The van der Waals surface area contributed by atoms with Gasteiger partial charge < -0.3 is 0 Å². The summed E-state index contributed by atoms with van der Waals surface area (Å²) >= 11 is 0. The highest BCUT2D eigenvalue weighted by Crippen LogP contribution is 2.59. The second-order valence-corrected chi connectivity index (χ2v) is 8.91. The van der Waals surface area contributed by atoms with Crippen LogP contribution in [0.15, 0.2) is 48.7 Å². The van der Waals surface area contributed by atoms with Gasteiger partial charge in [-0.2, -0.15) is 0 Å². The van der Waals surface area contributed by atoms with E-state index in [2.05, 4.69) is 36.8 Å². The predicted molar refractivity (Wildman–Crippen MR) is 112 cm³/mol. The van der Waals surface area contributed by atoms with E-state index >= 15 is 0 Å². The standard InChI is InChI=1S/C24H29N3O/c1-17-8-7-13-23(3)14-11-19(12-15-24(17,23)4)21-16-27(26-25-21)22-10-6-5-9-20(22)18(2)28/h5-6,9-10,12,16H,1,7-8,11,13-15H2,2-4H3/t23-,24+/m1/s1. The normalized spacial score (nSPS) is 27.7. The summed E-state index contributed by atoms with van der Waals surface area (Å²) in [6.45, 7) is 10.9. The molecule has 0 bridgehead atoms. The summed E-state index contributed by atoms with van der Waals surface area (Å²) in [7, 11) is 0. The molecule has 2 atom stereocenters. The summed E-state index contributed by atoms with van der Waals surface area (Å²) in [6, 6.07) is 7.55. The Kier molecular flexibility index (Phi) is 4.60. The van der Waals surface area contributed by atoms with Crippen LogP contribution in [0, 0.1) is 10.8 Å². The van der Waals surface area contributed by atoms with Crippen molar-refractivity contribution in [1.82, 2.24) is 15.0 Å². The van der Waals surface area contributed by atoms with E-state index in [1.165, 1.54) is 24.0 Å². The van der Waals surface area contributed by atoms with Crippen molar-refractivity contribution < 1.29 is 4.79 Å². The highest BCUT2D eigenvalue weighted by Gasteiger charge is 2.48.